The molecule has 20 heavy (non-hydrogen) atoms. The molecule has 1 aromatic rings. The van der Waals surface area contributed by atoms with Gasteiger partial charge in [-0.15, -0.1) is 0 Å². The van der Waals surface area contributed by atoms with Crippen LogP contribution in [0.1, 0.15) is 26.2 Å². The van der Waals surface area contributed by atoms with Gasteiger partial charge in [-0.3, -0.25) is 0 Å². The number of rotatable bonds is 7. The van der Waals surface area contributed by atoms with Crippen LogP contribution in [0.3, 0.4) is 0 Å². The number of aliphatic hydroxyl groups is 1. The van der Waals surface area contributed by atoms with Gasteiger partial charge in [0.1, 0.15) is 0 Å². The van der Waals surface area contributed by atoms with Crippen LogP contribution in [-0.4, -0.2) is 53.3 Å². The standard InChI is InChI=1S/C13H24N6O/c1-4-5-14-11-16-12(18-13(17-11)19(2)3)15-8-9-6-10(20)7-9/h9-10,20H,4-8H2,1-3H3,(H2,14,15,16,17,18). The van der Waals surface area contributed by atoms with E-state index >= 15 is 0 Å². The number of anilines is 3. The molecule has 0 spiro atoms. The maximum absolute atomic E-state index is 9.29. The first-order valence-electron chi connectivity index (χ1n) is 7.17. The smallest absolute Gasteiger partial charge is 0.231 e. The second-order valence-corrected chi connectivity index (χ2v) is 5.48. The molecule has 1 saturated carbocycles. The summed E-state index contributed by atoms with van der Waals surface area (Å²) in [6, 6.07) is 0. The number of hydrogen-bond donors (Lipinski definition) is 3. The first-order chi connectivity index (χ1) is 9.58. The van der Waals surface area contributed by atoms with Gasteiger partial charge in [0, 0.05) is 27.2 Å². The highest BCUT2D eigenvalue weighted by Gasteiger charge is 2.26. The van der Waals surface area contributed by atoms with Gasteiger partial charge in [0.15, 0.2) is 0 Å². The van der Waals surface area contributed by atoms with Crippen LogP contribution < -0.4 is 15.5 Å². The maximum atomic E-state index is 9.29. The van der Waals surface area contributed by atoms with E-state index in [9.17, 15) is 5.11 Å². The van der Waals surface area contributed by atoms with Gasteiger partial charge in [-0.2, -0.15) is 15.0 Å². The Balaban J connectivity index is 1.99. The van der Waals surface area contributed by atoms with Crippen LogP contribution in [0.4, 0.5) is 17.8 Å². The van der Waals surface area contributed by atoms with Crippen molar-refractivity contribution in [3.63, 3.8) is 0 Å². The highest BCUT2D eigenvalue weighted by atomic mass is 16.3. The molecule has 0 aromatic carbocycles. The van der Waals surface area contributed by atoms with Gasteiger partial charge in [-0.25, -0.2) is 0 Å². The van der Waals surface area contributed by atoms with E-state index in [-0.39, 0.29) is 6.10 Å². The Morgan fingerprint density at radius 2 is 1.80 bits per heavy atom. The third-order valence-corrected chi connectivity index (χ3v) is 3.32. The lowest BCUT2D eigenvalue weighted by atomic mass is 9.82. The maximum Gasteiger partial charge on any atom is 0.231 e. The second kappa shape index (κ2) is 6.69. The van der Waals surface area contributed by atoms with Crippen LogP contribution in [0.15, 0.2) is 0 Å². The third-order valence-electron chi connectivity index (χ3n) is 3.32. The van der Waals surface area contributed by atoms with E-state index in [4.69, 9.17) is 0 Å². The summed E-state index contributed by atoms with van der Waals surface area (Å²) in [6.07, 6.45) is 2.62. The molecule has 0 bridgehead atoms. The zero-order valence-corrected chi connectivity index (χ0v) is 12.4. The molecule has 1 heterocycles. The normalized spacial score (nSPS) is 21.2. The van der Waals surface area contributed by atoms with Gasteiger partial charge >= 0.3 is 0 Å². The number of nitrogens with zero attached hydrogens (tertiary/aromatic N) is 4. The Morgan fingerprint density at radius 1 is 1.15 bits per heavy atom. The van der Waals surface area contributed by atoms with Gasteiger partial charge in [0.05, 0.1) is 6.10 Å². The molecule has 0 aliphatic heterocycles. The predicted molar refractivity (Wildman–Crippen MR) is 80.2 cm³/mol. The van der Waals surface area contributed by atoms with Crippen molar-refractivity contribution >= 4 is 17.8 Å². The van der Waals surface area contributed by atoms with E-state index in [1.807, 2.05) is 19.0 Å². The van der Waals surface area contributed by atoms with E-state index in [1.165, 1.54) is 0 Å². The first kappa shape index (κ1) is 14.8. The summed E-state index contributed by atoms with van der Waals surface area (Å²) in [5.41, 5.74) is 0. The van der Waals surface area contributed by atoms with Crippen molar-refractivity contribution in [2.45, 2.75) is 32.3 Å². The molecule has 0 radical (unpaired) electrons. The minimum absolute atomic E-state index is 0.126. The summed E-state index contributed by atoms with van der Waals surface area (Å²) >= 11 is 0. The predicted octanol–water partition coefficient (Wildman–Crippen LogP) is 0.942. The molecular formula is C13H24N6O. The Kier molecular flexibility index (Phi) is 4.94. The monoisotopic (exact) mass is 280 g/mol. The van der Waals surface area contributed by atoms with Crippen molar-refractivity contribution < 1.29 is 5.11 Å². The highest BCUT2D eigenvalue weighted by molar-refractivity contribution is 5.42. The van der Waals surface area contributed by atoms with Crippen LogP contribution in [0.5, 0.6) is 0 Å². The zero-order valence-electron chi connectivity index (χ0n) is 12.4. The number of aromatic nitrogens is 3. The van der Waals surface area contributed by atoms with Crippen molar-refractivity contribution in [1.82, 2.24) is 15.0 Å². The average Bonchev–Trinajstić information content (AvgIpc) is 2.39. The summed E-state index contributed by atoms with van der Waals surface area (Å²) in [7, 11) is 3.82. The van der Waals surface area contributed by atoms with E-state index < -0.39 is 0 Å². The molecule has 2 rings (SSSR count). The zero-order chi connectivity index (χ0) is 14.5. The summed E-state index contributed by atoms with van der Waals surface area (Å²) in [5, 5.41) is 15.7. The summed E-state index contributed by atoms with van der Waals surface area (Å²) in [5.74, 6) is 2.33. The Hall–Kier alpha value is -1.63. The fourth-order valence-electron chi connectivity index (χ4n) is 2.06. The van der Waals surface area contributed by atoms with Crippen LogP contribution in [0, 0.1) is 5.92 Å². The van der Waals surface area contributed by atoms with Gasteiger partial charge < -0.3 is 20.6 Å². The van der Waals surface area contributed by atoms with Crippen LogP contribution >= 0.6 is 0 Å². The molecule has 1 fully saturated rings. The molecular weight excluding hydrogens is 256 g/mol. The van der Waals surface area contributed by atoms with Crippen LogP contribution in [-0.2, 0) is 0 Å². The average molecular weight is 280 g/mol. The van der Waals surface area contributed by atoms with Gasteiger partial charge in [-0.1, -0.05) is 6.92 Å². The lowest BCUT2D eigenvalue weighted by Gasteiger charge is -2.31. The Morgan fingerprint density at radius 3 is 2.35 bits per heavy atom. The fraction of sp³-hybridized carbons (Fsp3) is 0.769. The van der Waals surface area contributed by atoms with Crippen molar-refractivity contribution in [2.24, 2.45) is 5.92 Å². The molecule has 1 aliphatic rings. The van der Waals surface area contributed by atoms with Crippen molar-refractivity contribution in [3.05, 3.63) is 0 Å². The summed E-state index contributed by atoms with van der Waals surface area (Å²) in [6.45, 7) is 3.73. The molecule has 0 atom stereocenters. The molecule has 1 aromatic heterocycles. The third kappa shape index (κ3) is 3.93. The highest BCUT2D eigenvalue weighted by Crippen LogP contribution is 2.27. The molecule has 112 valence electrons. The molecule has 0 unspecified atom stereocenters. The lowest BCUT2D eigenvalue weighted by molar-refractivity contribution is 0.0486. The van der Waals surface area contributed by atoms with Crippen molar-refractivity contribution in [1.29, 1.82) is 0 Å². The minimum Gasteiger partial charge on any atom is -0.393 e. The van der Waals surface area contributed by atoms with E-state index in [2.05, 4.69) is 32.5 Å². The van der Waals surface area contributed by atoms with Crippen molar-refractivity contribution in [3.8, 4) is 0 Å². The van der Waals surface area contributed by atoms with E-state index in [1.54, 1.807) is 0 Å². The second-order valence-electron chi connectivity index (χ2n) is 5.48. The summed E-state index contributed by atoms with van der Waals surface area (Å²) < 4.78 is 0. The molecule has 3 N–H and O–H groups in total. The largest absolute Gasteiger partial charge is 0.393 e. The number of hydrogen-bond acceptors (Lipinski definition) is 7. The topological polar surface area (TPSA) is 86.2 Å². The van der Waals surface area contributed by atoms with Gasteiger partial charge in [-0.05, 0) is 25.2 Å². The summed E-state index contributed by atoms with van der Waals surface area (Å²) in [4.78, 5) is 15.0. The van der Waals surface area contributed by atoms with Crippen molar-refractivity contribution in [2.75, 3.05) is 42.7 Å². The van der Waals surface area contributed by atoms with E-state index in [0.717, 1.165) is 32.4 Å². The quantitative estimate of drug-likeness (QED) is 0.685. The number of aliphatic hydroxyl groups excluding tert-OH is 1. The molecule has 0 amide bonds. The number of nitrogens with one attached hydrogen (secondary N) is 2. The molecule has 1 aliphatic carbocycles. The van der Waals surface area contributed by atoms with E-state index in [0.29, 0.717) is 23.8 Å². The fourth-order valence-corrected chi connectivity index (χ4v) is 2.06. The SMILES string of the molecule is CCCNc1nc(NCC2CC(O)C2)nc(N(C)C)n1. The van der Waals surface area contributed by atoms with Crippen LogP contribution in [0.25, 0.3) is 0 Å². The Labute approximate surface area is 119 Å². The minimum atomic E-state index is -0.126. The lowest BCUT2D eigenvalue weighted by Crippen LogP contribution is -2.33. The molecule has 0 saturated heterocycles. The molecule has 7 nitrogen and oxygen atoms in total. The van der Waals surface area contributed by atoms with Gasteiger partial charge in [0.25, 0.3) is 0 Å². The van der Waals surface area contributed by atoms with Gasteiger partial charge in [0.2, 0.25) is 17.8 Å². The molecule has 7 heteroatoms. The Bertz CT molecular complexity index is 433. The van der Waals surface area contributed by atoms with Crippen LogP contribution in [0.2, 0.25) is 0 Å². The first-order valence-corrected chi connectivity index (χ1v) is 7.17.